The Morgan fingerprint density at radius 2 is 2.16 bits per heavy atom. The van der Waals surface area contributed by atoms with Crippen LogP contribution in [-0.4, -0.2) is 52.1 Å². The van der Waals surface area contributed by atoms with Crippen molar-refractivity contribution in [2.75, 3.05) is 31.1 Å². The van der Waals surface area contributed by atoms with Crippen LogP contribution in [0.2, 0.25) is 0 Å². The first-order valence-corrected chi connectivity index (χ1v) is 7.22. The molecule has 0 bridgehead atoms. The second-order valence-corrected chi connectivity index (χ2v) is 5.74. The zero-order valence-electron chi connectivity index (χ0n) is 10.6. The highest BCUT2D eigenvalue weighted by molar-refractivity contribution is 9.10. The van der Waals surface area contributed by atoms with E-state index >= 15 is 0 Å². The van der Waals surface area contributed by atoms with Crippen LogP contribution in [0, 0.1) is 0 Å². The molecule has 0 saturated carbocycles. The third-order valence-electron chi connectivity index (χ3n) is 3.35. The van der Waals surface area contributed by atoms with Gasteiger partial charge in [0.05, 0.1) is 17.4 Å². The lowest BCUT2D eigenvalue weighted by Crippen LogP contribution is -2.53. The molecular weight excluding hydrogens is 330 g/mol. The summed E-state index contributed by atoms with van der Waals surface area (Å²) in [5.41, 5.74) is 5.50. The average molecular weight is 346 g/mol. The first kappa shape index (κ1) is 14.4. The molecular formula is C11H16BrN5OS. The molecule has 6 nitrogen and oxygen atoms in total. The smallest absolute Gasteiger partial charge is 0.267 e. The molecule has 0 aliphatic carbocycles. The number of thiocarbonyl (C=S) groups is 1. The second-order valence-electron chi connectivity index (χ2n) is 4.47. The van der Waals surface area contributed by atoms with Crippen molar-refractivity contribution in [2.45, 2.75) is 13.0 Å². The highest BCUT2D eigenvalue weighted by atomic mass is 79.9. The molecule has 2 heterocycles. The summed E-state index contributed by atoms with van der Waals surface area (Å²) in [6.45, 7) is 5.29. The molecule has 1 aromatic heterocycles. The van der Waals surface area contributed by atoms with Crippen LogP contribution in [0.15, 0.2) is 15.6 Å². The van der Waals surface area contributed by atoms with E-state index in [2.05, 4.69) is 35.7 Å². The maximum Gasteiger partial charge on any atom is 0.267 e. The van der Waals surface area contributed by atoms with E-state index in [1.165, 1.54) is 6.33 Å². The number of anilines is 1. The van der Waals surface area contributed by atoms with Gasteiger partial charge in [-0.3, -0.25) is 9.69 Å². The van der Waals surface area contributed by atoms with Gasteiger partial charge < -0.3 is 15.6 Å². The SMILES string of the molecule is CC(C(N)=S)N1CCN(c2nc[nH]c(=O)c2Br)CC1. The van der Waals surface area contributed by atoms with Crippen LogP contribution in [0.4, 0.5) is 5.82 Å². The highest BCUT2D eigenvalue weighted by Gasteiger charge is 2.24. The minimum Gasteiger partial charge on any atom is -0.392 e. The van der Waals surface area contributed by atoms with Crippen LogP contribution in [0.5, 0.6) is 0 Å². The monoisotopic (exact) mass is 345 g/mol. The Morgan fingerprint density at radius 3 is 2.74 bits per heavy atom. The number of nitrogens with two attached hydrogens (primary N) is 1. The van der Waals surface area contributed by atoms with Gasteiger partial charge in [-0.15, -0.1) is 0 Å². The van der Waals surface area contributed by atoms with E-state index in [0.717, 1.165) is 26.2 Å². The fourth-order valence-electron chi connectivity index (χ4n) is 2.10. The predicted molar refractivity (Wildman–Crippen MR) is 82.6 cm³/mol. The van der Waals surface area contributed by atoms with Crippen molar-refractivity contribution < 1.29 is 0 Å². The first-order chi connectivity index (χ1) is 9.00. The van der Waals surface area contributed by atoms with E-state index in [0.29, 0.717) is 15.3 Å². The van der Waals surface area contributed by atoms with Crippen LogP contribution in [0.1, 0.15) is 6.92 Å². The van der Waals surface area contributed by atoms with Gasteiger partial charge in [0, 0.05) is 26.2 Å². The third kappa shape index (κ3) is 3.13. The topological polar surface area (TPSA) is 78.2 Å². The number of hydrogen-bond acceptors (Lipinski definition) is 5. The van der Waals surface area contributed by atoms with E-state index < -0.39 is 0 Å². The van der Waals surface area contributed by atoms with Gasteiger partial charge in [-0.2, -0.15) is 0 Å². The zero-order valence-corrected chi connectivity index (χ0v) is 13.0. The van der Waals surface area contributed by atoms with Crippen molar-refractivity contribution >= 4 is 39.0 Å². The number of nitrogens with zero attached hydrogens (tertiary/aromatic N) is 3. The molecule has 0 radical (unpaired) electrons. The number of halogens is 1. The molecule has 1 unspecified atom stereocenters. The number of piperazine rings is 1. The van der Waals surface area contributed by atoms with Gasteiger partial charge >= 0.3 is 0 Å². The van der Waals surface area contributed by atoms with Gasteiger partial charge in [0.2, 0.25) is 0 Å². The Labute approximate surface area is 125 Å². The first-order valence-electron chi connectivity index (χ1n) is 6.02. The largest absolute Gasteiger partial charge is 0.392 e. The van der Waals surface area contributed by atoms with E-state index in [4.69, 9.17) is 18.0 Å². The predicted octanol–water partition coefficient (Wildman–Crippen LogP) is 0.329. The van der Waals surface area contributed by atoms with Crippen molar-refractivity contribution in [3.63, 3.8) is 0 Å². The molecule has 1 atom stereocenters. The van der Waals surface area contributed by atoms with Gasteiger partial charge in [-0.25, -0.2) is 4.98 Å². The van der Waals surface area contributed by atoms with E-state index in [1.807, 2.05) is 6.92 Å². The van der Waals surface area contributed by atoms with Crippen molar-refractivity contribution in [1.29, 1.82) is 0 Å². The molecule has 1 aliphatic rings. The van der Waals surface area contributed by atoms with Crippen molar-refractivity contribution in [3.05, 3.63) is 21.2 Å². The van der Waals surface area contributed by atoms with Gasteiger partial charge in [-0.05, 0) is 22.9 Å². The van der Waals surface area contributed by atoms with Crippen LogP contribution in [0.3, 0.4) is 0 Å². The fourth-order valence-corrected chi connectivity index (χ4v) is 2.71. The Kier molecular flexibility index (Phi) is 4.54. The summed E-state index contributed by atoms with van der Waals surface area (Å²) < 4.78 is 0.478. The molecule has 1 aliphatic heterocycles. The van der Waals surface area contributed by atoms with Crippen LogP contribution >= 0.6 is 28.1 Å². The standard InChI is InChI=1S/C11H16BrN5OS/c1-7(9(13)19)16-2-4-17(5-3-16)10-8(12)11(18)15-6-14-10/h6-7H,2-5H2,1H3,(H2,13,19)(H,14,15,18). The normalized spacial score (nSPS) is 18.3. The third-order valence-corrected chi connectivity index (χ3v) is 4.41. The average Bonchev–Trinajstić information content (AvgIpc) is 2.41. The van der Waals surface area contributed by atoms with Gasteiger partial charge in [-0.1, -0.05) is 12.2 Å². The fraction of sp³-hybridized carbons (Fsp3) is 0.545. The highest BCUT2D eigenvalue weighted by Crippen LogP contribution is 2.20. The zero-order chi connectivity index (χ0) is 14.0. The van der Waals surface area contributed by atoms with E-state index in [9.17, 15) is 4.79 Å². The van der Waals surface area contributed by atoms with E-state index in [-0.39, 0.29) is 11.6 Å². The van der Waals surface area contributed by atoms with Gasteiger partial charge in [0.25, 0.3) is 5.56 Å². The Bertz CT molecular complexity index is 526. The second kappa shape index (κ2) is 5.98. The summed E-state index contributed by atoms with van der Waals surface area (Å²) in [5, 5.41) is 0. The number of rotatable bonds is 3. The molecule has 19 heavy (non-hydrogen) atoms. The number of hydrogen-bond donors (Lipinski definition) is 2. The summed E-state index contributed by atoms with van der Waals surface area (Å²) in [4.78, 5) is 23.1. The van der Waals surface area contributed by atoms with Crippen LogP contribution < -0.4 is 16.2 Å². The minimum absolute atomic E-state index is 0.104. The molecule has 1 aromatic rings. The Hall–Kier alpha value is -0.990. The molecule has 2 rings (SSSR count). The molecule has 0 amide bonds. The van der Waals surface area contributed by atoms with E-state index in [1.54, 1.807) is 0 Å². The molecule has 3 N–H and O–H groups in total. The lowest BCUT2D eigenvalue weighted by Gasteiger charge is -2.38. The number of aromatic amines is 1. The Balaban J connectivity index is 2.06. The molecule has 0 aromatic carbocycles. The van der Waals surface area contributed by atoms with Crippen molar-refractivity contribution in [3.8, 4) is 0 Å². The number of nitrogens with one attached hydrogen (secondary N) is 1. The lowest BCUT2D eigenvalue weighted by atomic mass is 10.2. The van der Waals surface area contributed by atoms with Gasteiger partial charge in [0.1, 0.15) is 10.3 Å². The molecule has 104 valence electrons. The molecule has 1 saturated heterocycles. The van der Waals surface area contributed by atoms with Crippen molar-refractivity contribution in [1.82, 2.24) is 14.9 Å². The molecule has 8 heteroatoms. The summed E-state index contributed by atoms with van der Waals surface area (Å²) in [5.74, 6) is 0.686. The summed E-state index contributed by atoms with van der Waals surface area (Å²) >= 11 is 8.30. The van der Waals surface area contributed by atoms with Crippen LogP contribution in [-0.2, 0) is 0 Å². The lowest BCUT2D eigenvalue weighted by molar-refractivity contribution is 0.238. The maximum atomic E-state index is 11.5. The number of aromatic nitrogens is 2. The van der Waals surface area contributed by atoms with Gasteiger partial charge in [0.15, 0.2) is 0 Å². The maximum absolute atomic E-state index is 11.5. The minimum atomic E-state index is -0.163. The summed E-state index contributed by atoms with van der Waals surface area (Å²) in [6.07, 6.45) is 1.42. The molecule has 0 spiro atoms. The summed E-state index contributed by atoms with van der Waals surface area (Å²) in [7, 11) is 0. The molecule has 1 fully saturated rings. The number of H-pyrrole nitrogens is 1. The van der Waals surface area contributed by atoms with Crippen molar-refractivity contribution in [2.24, 2.45) is 5.73 Å². The Morgan fingerprint density at radius 1 is 1.53 bits per heavy atom. The van der Waals surface area contributed by atoms with Crippen LogP contribution in [0.25, 0.3) is 0 Å². The quantitative estimate of drug-likeness (QED) is 0.768. The summed E-state index contributed by atoms with van der Waals surface area (Å²) in [6, 6.07) is 0.104.